The van der Waals surface area contributed by atoms with Gasteiger partial charge in [-0.1, -0.05) is 6.58 Å². The predicted octanol–water partition coefficient (Wildman–Crippen LogP) is 0.383. The highest BCUT2D eigenvalue weighted by atomic mass is 16.5. The van der Waals surface area contributed by atoms with Gasteiger partial charge in [-0.15, -0.1) is 0 Å². The molecule has 20 heavy (non-hydrogen) atoms. The molecule has 0 aromatic heterocycles. The molecule has 0 aliphatic heterocycles. The Bertz CT molecular complexity index is 391. The molecule has 7 heteroatoms. The fourth-order valence-corrected chi connectivity index (χ4v) is 1.48. The molecule has 118 valence electrons. The first kappa shape index (κ1) is 18.1. The van der Waals surface area contributed by atoms with Crippen LogP contribution in [0.5, 0.6) is 0 Å². The minimum Gasteiger partial charge on any atom is -0.468 e. The van der Waals surface area contributed by atoms with E-state index in [2.05, 4.69) is 21.4 Å². The third kappa shape index (κ3) is 6.33. The van der Waals surface area contributed by atoms with Crippen LogP contribution in [0.2, 0.25) is 0 Å². The van der Waals surface area contributed by atoms with Crippen molar-refractivity contribution in [2.45, 2.75) is 38.3 Å². The number of esters is 2. The molecule has 2 atom stereocenters. The third-order valence-corrected chi connectivity index (χ3v) is 2.69. The van der Waals surface area contributed by atoms with Crippen LogP contribution in [0.4, 0.5) is 0 Å². The van der Waals surface area contributed by atoms with Crippen LogP contribution in [-0.4, -0.2) is 44.1 Å². The average molecular weight is 290 g/mol. The number of methoxy groups -OCH3 is 2. The molecule has 0 saturated carbocycles. The summed E-state index contributed by atoms with van der Waals surface area (Å²) >= 11 is 0. The third-order valence-electron chi connectivity index (χ3n) is 2.69. The normalized spacial score (nSPS) is 13.0. The number of hydrogen-bond donors (Lipinski definition) is 2. The summed E-state index contributed by atoms with van der Waals surface area (Å²) in [5.41, 5.74) is 5.88. The molecule has 7 nitrogen and oxygen atoms in total. The summed E-state index contributed by atoms with van der Waals surface area (Å²) in [7, 11) is 2.50. The van der Waals surface area contributed by atoms with Gasteiger partial charge in [0.1, 0.15) is 12.1 Å². The SMILES string of the molecule is C=C(C)C(=O)NC(CCCC(N)C(=O)OC)C(=O)OC.[HH].[HH]. The van der Waals surface area contributed by atoms with E-state index in [4.69, 9.17) is 5.73 Å². The van der Waals surface area contributed by atoms with Crippen molar-refractivity contribution in [1.29, 1.82) is 0 Å². The number of hydrogen-bond acceptors (Lipinski definition) is 6. The first-order valence-electron chi connectivity index (χ1n) is 6.21. The molecule has 0 spiro atoms. The van der Waals surface area contributed by atoms with Crippen LogP contribution >= 0.6 is 0 Å². The molecule has 0 saturated heterocycles. The highest BCUT2D eigenvalue weighted by molar-refractivity contribution is 5.95. The first-order valence-corrected chi connectivity index (χ1v) is 6.21. The van der Waals surface area contributed by atoms with Gasteiger partial charge in [0.15, 0.2) is 0 Å². The molecule has 0 aliphatic carbocycles. The quantitative estimate of drug-likeness (QED) is 0.494. The number of rotatable bonds is 8. The van der Waals surface area contributed by atoms with Gasteiger partial charge in [-0.2, -0.15) is 0 Å². The largest absolute Gasteiger partial charge is 0.468 e. The molecule has 0 aromatic rings. The zero-order valence-corrected chi connectivity index (χ0v) is 12.1. The maximum absolute atomic E-state index is 11.5. The van der Waals surface area contributed by atoms with E-state index >= 15 is 0 Å². The Morgan fingerprint density at radius 3 is 2.20 bits per heavy atom. The minimum absolute atomic E-state index is 0. The Kier molecular flexibility index (Phi) is 8.23. The molecular weight excluding hydrogens is 264 g/mol. The Balaban J connectivity index is -0.00000180. The second kappa shape index (κ2) is 9.08. The van der Waals surface area contributed by atoms with E-state index < -0.39 is 29.9 Å². The fourth-order valence-electron chi connectivity index (χ4n) is 1.48. The zero-order chi connectivity index (χ0) is 15.7. The topological polar surface area (TPSA) is 108 Å². The summed E-state index contributed by atoms with van der Waals surface area (Å²) in [5, 5.41) is 2.51. The lowest BCUT2D eigenvalue weighted by Crippen LogP contribution is -2.42. The number of carbonyl (C=O) groups excluding carboxylic acids is 3. The van der Waals surface area contributed by atoms with E-state index in [0.29, 0.717) is 24.8 Å². The van der Waals surface area contributed by atoms with Crippen LogP contribution in [0.25, 0.3) is 0 Å². The number of amides is 1. The van der Waals surface area contributed by atoms with Crippen LogP contribution in [0.1, 0.15) is 29.0 Å². The number of nitrogens with two attached hydrogens (primary N) is 1. The van der Waals surface area contributed by atoms with Gasteiger partial charge in [0.25, 0.3) is 0 Å². The number of carbonyl (C=O) groups is 3. The van der Waals surface area contributed by atoms with Crippen molar-refractivity contribution in [2.75, 3.05) is 14.2 Å². The molecule has 0 rings (SSSR count). The van der Waals surface area contributed by atoms with Crippen molar-refractivity contribution in [3.05, 3.63) is 12.2 Å². The Labute approximate surface area is 121 Å². The molecule has 1 amide bonds. The van der Waals surface area contributed by atoms with Crippen molar-refractivity contribution in [3.63, 3.8) is 0 Å². The van der Waals surface area contributed by atoms with Crippen molar-refractivity contribution in [3.8, 4) is 0 Å². The van der Waals surface area contributed by atoms with Crippen molar-refractivity contribution < 1.29 is 26.7 Å². The molecule has 0 radical (unpaired) electrons. The molecule has 0 bridgehead atoms. The van der Waals surface area contributed by atoms with E-state index in [-0.39, 0.29) is 2.85 Å². The van der Waals surface area contributed by atoms with Gasteiger partial charge >= 0.3 is 11.9 Å². The smallest absolute Gasteiger partial charge is 0.328 e. The molecule has 0 aliphatic rings. The summed E-state index contributed by atoms with van der Waals surface area (Å²) in [6.07, 6.45) is 1.13. The first-order chi connectivity index (χ1) is 9.33. The summed E-state index contributed by atoms with van der Waals surface area (Å²) in [4.78, 5) is 34.2. The van der Waals surface area contributed by atoms with E-state index in [1.807, 2.05) is 0 Å². The summed E-state index contributed by atoms with van der Waals surface area (Å²) < 4.78 is 9.11. The van der Waals surface area contributed by atoms with Crippen LogP contribution in [0.15, 0.2) is 12.2 Å². The van der Waals surface area contributed by atoms with Gasteiger partial charge < -0.3 is 20.5 Å². The Morgan fingerprint density at radius 2 is 1.75 bits per heavy atom. The van der Waals surface area contributed by atoms with E-state index in [1.165, 1.54) is 21.1 Å². The lowest BCUT2D eigenvalue weighted by Gasteiger charge is -2.17. The van der Waals surface area contributed by atoms with Crippen LogP contribution in [0, 0.1) is 0 Å². The van der Waals surface area contributed by atoms with Gasteiger partial charge in [0, 0.05) is 8.43 Å². The number of nitrogens with one attached hydrogen (secondary N) is 1. The van der Waals surface area contributed by atoms with E-state index in [1.54, 1.807) is 0 Å². The number of ether oxygens (including phenoxy) is 2. The summed E-state index contributed by atoms with van der Waals surface area (Å²) in [5.74, 6) is -1.48. The summed E-state index contributed by atoms with van der Waals surface area (Å²) in [6.45, 7) is 5.03. The maximum atomic E-state index is 11.5. The Hall–Kier alpha value is -1.89. The van der Waals surface area contributed by atoms with E-state index in [9.17, 15) is 14.4 Å². The highest BCUT2D eigenvalue weighted by Crippen LogP contribution is 2.06. The molecule has 0 heterocycles. The Morgan fingerprint density at radius 1 is 1.20 bits per heavy atom. The minimum atomic E-state index is -0.783. The monoisotopic (exact) mass is 290 g/mol. The molecule has 0 aromatic carbocycles. The van der Waals surface area contributed by atoms with Gasteiger partial charge in [-0.3, -0.25) is 9.59 Å². The standard InChI is InChI=1S/C13H22N2O5.2H2/c1-8(2)11(16)15-10(13(18)20-4)7-5-6-9(14)12(17)19-3;;/h9-10H,1,5-7,14H2,2-4H3,(H,15,16);2*1H. The maximum Gasteiger partial charge on any atom is 0.328 e. The molecular formula is C13H26N2O5. The second-order valence-electron chi connectivity index (χ2n) is 4.39. The van der Waals surface area contributed by atoms with E-state index in [0.717, 1.165) is 0 Å². The predicted molar refractivity (Wildman–Crippen MR) is 76.8 cm³/mol. The average Bonchev–Trinajstić information content (AvgIpc) is 2.43. The fraction of sp³-hybridized carbons (Fsp3) is 0.615. The summed E-state index contributed by atoms with van der Waals surface area (Å²) in [6, 6.07) is -1.52. The highest BCUT2D eigenvalue weighted by Gasteiger charge is 2.22. The van der Waals surface area contributed by atoms with Crippen LogP contribution in [-0.2, 0) is 23.9 Å². The van der Waals surface area contributed by atoms with Crippen molar-refractivity contribution in [1.82, 2.24) is 5.32 Å². The van der Waals surface area contributed by atoms with Gasteiger partial charge in [-0.25, -0.2) is 4.79 Å². The second-order valence-corrected chi connectivity index (χ2v) is 4.39. The molecule has 0 fully saturated rings. The zero-order valence-electron chi connectivity index (χ0n) is 12.1. The van der Waals surface area contributed by atoms with Gasteiger partial charge in [0.05, 0.1) is 14.2 Å². The van der Waals surface area contributed by atoms with Crippen molar-refractivity contribution in [2.24, 2.45) is 5.73 Å². The van der Waals surface area contributed by atoms with Crippen molar-refractivity contribution >= 4 is 17.8 Å². The van der Waals surface area contributed by atoms with Crippen LogP contribution in [0.3, 0.4) is 0 Å². The van der Waals surface area contributed by atoms with Crippen LogP contribution < -0.4 is 11.1 Å². The molecule has 2 unspecified atom stereocenters. The van der Waals surface area contributed by atoms with Gasteiger partial charge in [-0.05, 0) is 26.2 Å². The van der Waals surface area contributed by atoms with Gasteiger partial charge in [0.2, 0.25) is 5.91 Å². The molecule has 3 N–H and O–H groups in total. The lowest BCUT2D eigenvalue weighted by molar-refractivity contribution is -0.144. The lowest BCUT2D eigenvalue weighted by atomic mass is 10.1.